The second-order valence-corrected chi connectivity index (χ2v) is 4.60. The van der Waals surface area contributed by atoms with Crippen molar-refractivity contribution in [2.24, 2.45) is 5.92 Å². The minimum Gasteiger partial charge on any atom is -0.477 e. The number of carboxylic acid groups (broad SMARTS) is 1. The lowest BCUT2D eigenvalue weighted by atomic mass is 9.97. The summed E-state index contributed by atoms with van der Waals surface area (Å²) in [6.45, 7) is 3.07. The molecule has 1 N–H and O–H groups in total. The smallest absolute Gasteiger partial charge is 0.352 e. The summed E-state index contributed by atoms with van der Waals surface area (Å²) in [5.41, 5.74) is 0.402. The summed E-state index contributed by atoms with van der Waals surface area (Å²) in [5.74, 6) is -0.223. The molecule has 0 amide bonds. The third kappa shape index (κ3) is 2.44. The third-order valence-electron chi connectivity index (χ3n) is 3.34. The SMILES string of the molecule is CN1CCC(Cn2cccc2C(=O)O)CC1. The first kappa shape index (κ1) is 11.2. The van der Waals surface area contributed by atoms with Crippen molar-refractivity contribution in [2.75, 3.05) is 20.1 Å². The highest BCUT2D eigenvalue weighted by Gasteiger charge is 2.18. The maximum Gasteiger partial charge on any atom is 0.352 e. The van der Waals surface area contributed by atoms with Gasteiger partial charge in [0.1, 0.15) is 5.69 Å². The molecule has 0 unspecified atom stereocenters. The molecule has 0 bridgehead atoms. The normalized spacial score (nSPS) is 18.8. The van der Waals surface area contributed by atoms with Crippen LogP contribution in [0.4, 0.5) is 0 Å². The van der Waals surface area contributed by atoms with Gasteiger partial charge in [-0.3, -0.25) is 0 Å². The lowest BCUT2D eigenvalue weighted by Crippen LogP contribution is -2.32. The first-order valence-corrected chi connectivity index (χ1v) is 5.74. The van der Waals surface area contributed by atoms with Crippen LogP contribution in [0.15, 0.2) is 18.3 Å². The van der Waals surface area contributed by atoms with E-state index in [4.69, 9.17) is 5.11 Å². The van der Waals surface area contributed by atoms with Gasteiger partial charge in [-0.1, -0.05) is 0 Å². The van der Waals surface area contributed by atoms with E-state index in [0.717, 1.165) is 32.5 Å². The molecule has 0 aromatic carbocycles. The lowest BCUT2D eigenvalue weighted by Gasteiger charge is -2.29. The molecular weight excluding hydrogens is 204 g/mol. The predicted octanol–water partition coefficient (Wildman–Crippen LogP) is 1.53. The van der Waals surface area contributed by atoms with E-state index in [-0.39, 0.29) is 0 Å². The van der Waals surface area contributed by atoms with Crippen LogP contribution in [0.25, 0.3) is 0 Å². The van der Waals surface area contributed by atoms with Gasteiger partial charge in [-0.05, 0) is 51.0 Å². The number of hydrogen-bond acceptors (Lipinski definition) is 2. The standard InChI is InChI=1S/C12H18N2O2/c1-13-7-4-10(5-8-13)9-14-6-2-3-11(14)12(15)16/h2-3,6,10H,4-5,7-9H2,1H3,(H,15,16). The van der Waals surface area contributed by atoms with Crippen LogP contribution in [-0.2, 0) is 6.54 Å². The summed E-state index contributed by atoms with van der Waals surface area (Å²) < 4.78 is 1.86. The fourth-order valence-corrected chi connectivity index (χ4v) is 2.29. The van der Waals surface area contributed by atoms with Gasteiger partial charge in [0.05, 0.1) is 0 Å². The van der Waals surface area contributed by atoms with Gasteiger partial charge in [0, 0.05) is 12.7 Å². The summed E-state index contributed by atoms with van der Waals surface area (Å²) >= 11 is 0. The van der Waals surface area contributed by atoms with Gasteiger partial charge in [0.25, 0.3) is 0 Å². The van der Waals surface area contributed by atoms with E-state index >= 15 is 0 Å². The molecule has 88 valence electrons. The number of aromatic carboxylic acids is 1. The minimum absolute atomic E-state index is 0.402. The molecule has 1 aliphatic heterocycles. The van der Waals surface area contributed by atoms with E-state index in [2.05, 4.69) is 11.9 Å². The first-order valence-electron chi connectivity index (χ1n) is 5.74. The maximum absolute atomic E-state index is 10.9. The fourth-order valence-electron chi connectivity index (χ4n) is 2.29. The summed E-state index contributed by atoms with van der Waals surface area (Å²) in [6, 6.07) is 3.47. The molecule has 2 heterocycles. The Morgan fingerprint density at radius 3 is 2.81 bits per heavy atom. The highest BCUT2D eigenvalue weighted by atomic mass is 16.4. The molecule has 16 heavy (non-hydrogen) atoms. The molecular formula is C12H18N2O2. The molecule has 0 atom stereocenters. The van der Waals surface area contributed by atoms with Crippen LogP contribution in [-0.4, -0.2) is 40.7 Å². The van der Waals surface area contributed by atoms with Crippen LogP contribution in [0, 0.1) is 5.92 Å². The van der Waals surface area contributed by atoms with Crippen LogP contribution >= 0.6 is 0 Å². The highest BCUT2D eigenvalue weighted by Crippen LogP contribution is 2.19. The molecule has 1 aliphatic rings. The quantitative estimate of drug-likeness (QED) is 0.843. The van der Waals surface area contributed by atoms with Crippen molar-refractivity contribution in [3.8, 4) is 0 Å². The molecule has 1 aromatic rings. The summed E-state index contributed by atoms with van der Waals surface area (Å²) in [6.07, 6.45) is 4.18. The van der Waals surface area contributed by atoms with E-state index in [0.29, 0.717) is 11.6 Å². The predicted molar refractivity (Wildman–Crippen MR) is 61.6 cm³/mol. The van der Waals surface area contributed by atoms with Crippen LogP contribution < -0.4 is 0 Å². The molecule has 1 saturated heterocycles. The number of nitrogens with zero attached hydrogens (tertiary/aromatic N) is 2. The molecule has 0 aliphatic carbocycles. The zero-order chi connectivity index (χ0) is 11.5. The Balaban J connectivity index is 1.98. The number of likely N-dealkylation sites (tertiary alicyclic amines) is 1. The van der Waals surface area contributed by atoms with Gasteiger partial charge in [0.15, 0.2) is 0 Å². The van der Waals surface area contributed by atoms with Crippen molar-refractivity contribution in [1.29, 1.82) is 0 Å². The summed E-state index contributed by atoms with van der Waals surface area (Å²) in [4.78, 5) is 13.3. The summed E-state index contributed by atoms with van der Waals surface area (Å²) in [7, 11) is 2.13. The number of carbonyl (C=O) groups is 1. The molecule has 0 radical (unpaired) electrons. The zero-order valence-electron chi connectivity index (χ0n) is 9.59. The Bertz CT molecular complexity index is 365. The molecule has 0 spiro atoms. The van der Waals surface area contributed by atoms with E-state index in [1.54, 1.807) is 12.1 Å². The summed E-state index contributed by atoms with van der Waals surface area (Å²) in [5, 5.41) is 9.00. The number of hydrogen-bond donors (Lipinski definition) is 1. The molecule has 1 aromatic heterocycles. The van der Waals surface area contributed by atoms with Crippen molar-refractivity contribution >= 4 is 5.97 Å². The van der Waals surface area contributed by atoms with Crippen molar-refractivity contribution < 1.29 is 9.90 Å². The Kier molecular flexibility index (Phi) is 3.29. The van der Waals surface area contributed by atoms with Crippen LogP contribution in [0.1, 0.15) is 23.3 Å². The largest absolute Gasteiger partial charge is 0.477 e. The monoisotopic (exact) mass is 222 g/mol. The van der Waals surface area contributed by atoms with Gasteiger partial charge in [-0.15, -0.1) is 0 Å². The van der Waals surface area contributed by atoms with Crippen LogP contribution in [0.5, 0.6) is 0 Å². The number of aromatic nitrogens is 1. The third-order valence-corrected chi connectivity index (χ3v) is 3.34. The van der Waals surface area contributed by atoms with E-state index in [1.807, 2.05) is 10.8 Å². The second-order valence-electron chi connectivity index (χ2n) is 4.60. The van der Waals surface area contributed by atoms with Crippen molar-refractivity contribution in [2.45, 2.75) is 19.4 Å². The molecule has 4 nitrogen and oxygen atoms in total. The topological polar surface area (TPSA) is 45.5 Å². The lowest BCUT2D eigenvalue weighted by molar-refractivity contribution is 0.0682. The van der Waals surface area contributed by atoms with Gasteiger partial charge < -0.3 is 14.6 Å². The Morgan fingerprint density at radius 1 is 1.50 bits per heavy atom. The first-order chi connectivity index (χ1) is 7.66. The Morgan fingerprint density at radius 2 is 2.19 bits per heavy atom. The molecule has 0 saturated carbocycles. The maximum atomic E-state index is 10.9. The fraction of sp³-hybridized carbons (Fsp3) is 0.583. The average molecular weight is 222 g/mol. The highest BCUT2D eigenvalue weighted by molar-refractivity contribution is 5.85. The molecule has 2 rings (SSSR count). The van der Waals surface area contributed by atoms with Gasteiger partial charge in [0.2, 0.25) is 0 Å². The second kappa shape index (κ2) is 4.70. The van der Waals surface area contributed by atoms with Gasteiger partial charge in [-0.2, -0.15) is 0 Å². The van der Waals surface area contributed by atoms with E-state index in [9.17, 15) is 4.79 Å². The van der Waals surface area contributed by atoms with Crippen LogP contribution in [0.3, 0.4) is 0 Å². The van der Waals surface area contributed by atoms with Gasteiger partial charge in [-0.25, -0.2) is 4.79 Å². The van der Waals surface area contributed by atoms with E-state index < -0.39 is 5.97 Å². The average Bonchev–Trinajstić information content (AvgIpc) is 2.69. The number of carboxylic acids is 1. The van der Waals surface area contributed by atoms with Crippen molar-refractivity contribution in [3.63, 3.8) is 0 Å². The molecule has 4 heteroatoms. The van der Waals surface area contributed by atoms with E-state index in [1.165, 1.54) is 0 Å². The number of piperidine rings is 1. The van der Waals surface area contributed by atoms with Crippen LogP contribution in [0.2, 0.25) is 0 Å². The Labute approximate surface area is 95.5 Å². The Hall–Kier alpha value is -1.29. The zero-order valence-corrected chi connectivity index (χ0v) is 9.59. The van der Waals surface area contributed by atoms with Gasteiger partial charge >= 0.3 is 5.97 Å². The minimum atomic E-state index is -0.835. The van der Waals surface area contributed by atoms with Crippen molar-refractivity contribution in [1.82, 2.24) is 9.47 Å². The molecule has 1 fully saturated rings. The number of rotatable bonds is 3. The van der Waals surface area contributed by atoms with Crippen molar-refractivity contribution in [3.05, 3.63) is 24.0 Å².